The van der Waals surface area contributed by atoms with Crippen molar-refractivity contribution in [2.24, 2.45) is 5.92 Å². The Morgan fingerprint density at radius 3 is 1.61 bits per heavy atom. The minimum absolute atomic E-state index is 0.0477. The summed E-state index contributed by atoms with van der Waals surface area (Å²) >= 11 is 0. The molecule has 0 saturated heterocycles. The van der Waals surface area contributed by atoms with E-state index < -0.39 is 0 Å². The second-order valence-electron chi connectivity index (χ2n) is 8.07. The fraction of sp³-hybridized carbons (Fsp3) is 0.100. The summed E-state index contributed by atoms with van der Waals surface area (Å²) in [6, 6.07) is 41.1. The van der Waals surface area contributed by atoms with Gasteiger partial charge in [0.25, 0.3) is 0 Å². The van der Waals surface area contributed by atoms with Gasteiger partial charge in [-0.25, -0.2) is 0 Å². The molecule has 0 spiro atoms. The molecule has 1 nitrogen and oxygen atoms in total. The first-order chi connectivity index (χ1) is 15.3. The van der Waals surface area contributed by atoms with E-state index in [-0.39, 0.29) is 23.5 Å². The van der Waals surface area contributed by atoms with E-state index in [9.17, 15) is 4.79 Å². The molecule has 0 radical (unpaired) electrons. The molecule has 5 rings (SSSR count). The predicted molar refractivity (Wildman–Crippen MR) is 127 cm³/mol. The third kappa shape index (κ3) is 3.75. The molecule has 0 unspecified atom stereocenters. The molecule has 1 aliphatic rings. The van der Waals surface area contributed by atoms with Gasteiger partial charge in [0.05, 0.1) is 5.92 Å². The molecule has 0 bridgehead atoms. The maximum atomic E-state index is 14.0. The van der Waals surface area contributed by atoms with Crippen molar-refractivity contribution in [2.45, 2.75) is 11.8 Å². The van der Waals surface area contributed by atoms with Crippen LogP contribution in [0.1, 0.15) is 38.9 Å². The van der Waals surface area contributed by atoms with Crippen molar-refractivity contribution in [1.82, 2.24) is 0 Å². The van der Waals surface area contributed by atoms with E-state index in [1.54, 1.807) is 0 Å². The normalized spacial score (nSPS) is 20.3. The van der Waals surface area contributed by atoms with E-state index >= 15 is 0 Å². The van der Waals surface area contributed by atoms with Crippen LogP contribution in [-0.4, -0.2) is 5.78 Å². The number of ketones is 1. The second-order valence-corrected chi connectivity index (χ2v) is 8.07. The summed E-state index contributed by atoms with van der Waals surface area (Å²) < 4.78 is 0. The van der Waals surface area contributed by atoms with Gasteiger partial charge in [-0.1, -0.05) is 127 Å². The van der Waals surface area contributed by atoms with Crippen molar-refractivity contribution in [1.29, 1.82) is 0 Å². The molecular formula is C30H24O. The Morgan fingerprint density at radius 1 is 0.548 bits per heavy atom. The predicted octanol–water partition coefficient (Wildman–Crippen LogP) is 7.15. The van der Waals surface area contributed by atoms with E-state index in [2.05, 4.69) is 66.7 Å². The van der Waals surface area contributed by atoms with Crippen LogP contribution in [-0.2, 0) is 0 Å². The molecule has 0 N–H and O–H groups in total. The maximum Gasteiger partial charge on any atom is 0.170 e. The summed E-state index contributed by atoms with van der Waals surface area (Å²) in [5.41, 5.74) is 5.46. The summed E-state index contributed by atoms with van der Waals surface area (Å²) in [5, 5.41) is 0. The first-order valence-electron chi connectivity index (χ1n) is 10.8. The summed E-state index contributed by atoms with van der Waals surface area (Å²) in [6.45, 7) is 0. The van der Waals surface area contributed by atoms with Gasteiger partial charge in [0.2, 0.25) is 0 Å². The van der Waals surface area contributed by atoms with Crippen LogP contribution in [0.3, 0.4) is 0 Å². The Labute approximate surface area is 183 Å². The van der Waals surface area contributed by atoms with E-state index in [1.165, 1.54) is 11.1 Å². The van der Waals surface area contributed by atoms with Crippen LogP contribution in [0.4, 0.5) is 0 Å². The average molecular weight is 401 g/mol. The highest BCUT2D eigenvalue weighted by molar-refractivity contribution is 6.06. The van der Waals surface area contributed by atoms with Crippen LogP contribution < -0.4 is 0 Å². The minimum Gasteiger partial charge on any atom is -0.293 e. The zero-order chi connectivity index (χ0) is 21.0. The van der Waals surface area contributed by atoms with Gasteiger partial charge >= 0.3 is 0 Å². The van der Waals surface area contributed by atoms with Gasteiger partial charge in [-0.2, -0.15) is 0 Å². The van der Waals surface area contributed by atoms with Gasteiger partial charge in [0, 0.05) is 17.4 Å². The quantitative estimate of drug-likeness (QED) is 0.325. The van der Waals surface area contributed by atoms with Crippen molar-refractivity contribution in [3.05, 3.63) is 150 Å². The van der Waals surface area contributed by atoms with Gasteiger partial charge in [-0.15, -0.1) is 0 Å². The molecule has 1 aliphatic carbocycles. The van der Waals surface area contributed by atoms with Crippen LogP contribution >= 0.6 is 0 Å². The monoisotopic (exact) mass is 400 g/mol. The van der Waals surface area contributed by atoms with Crippen molar-refractivity contribution < 1.29 is 4.79 Å². The van der Waals surface area contributed by atoms with Crippen molar-refractivity contribution in [3.8, 4) is 0 Å². The van der Waals surface area contributed by atoms with Gasteiger partial charge in [0.15, 0.2) is 5.78 Å². The summed E-state index contributed by atoms with van der Waals surface area (Å²) in [7, 11) is 0. The van der Waals surface area contributed by atoms with Crippen LogP contribution in [0.5, 0.6) is 0 Å². The lowest BCUT2D eigenvalue weighted by Crippen LogP contribution is -2.23. The van der Waals surface area contributed by atoms with E-state index in [1.807, 2.05) is 60.7 Å². The highest BCUT2D eigenvalue weighted by Gasteiger charge is 2.43. The molecule has 4 aromatic carbocycles. The Balaban J connectivity index is 1.70. The van der Waals surface area contributed by atoms with Crippen LogP contribution in [0.25, 0.3) is 5.57 Å². The van der Waals surface area contributed by atoms with Crippen molar-refractivity contribution in [2.75, 3.05) is 0 Å². The maximum absolute atomic E-state index is 14.0. The van der Waals surface area contributed by atoms with Gasteiger partial charge in [-0.3, -0.25) is 4.79 Å². The highest BCUT2D eigenvalue weighted by Crippen LogP contribution is 2.52. The van der Waals surface area contributed by atoms with Crippen molar-refractivity contribution >= 4 is 11.4 Å². The molecule has 1 heteroatoms. The number of hydrogen-bond acceptors (Lipinski definition) is 1. The SMILES string of the molecule is O=C(c1ccccc1)[C@@H]1C(c2ccccc2)=C[C@H](c2ccccc2)[C@@H]1c1ccccc1. The summed E-state index contributed by atoms with van der Waals surface area (Å²) in [5.74, 6) is 0.128. The molecule has 0 aliphatic heterocycles. The zero-order valence-electron chi connectivity index (χ0n) is 17.3. The Kier molecular flexibility index (Phi) is 5.33. The largest absolute Gasteiger partial charge is 0.293 e. The third-order valence-corrected chi connectivity index (χ3v) is 6.26. The minimum atomic E-state index is -0.239. The lowest BCUT2D eigenvalue weighted by Gasteiger charge is -2.27. The van der Waals surface area contributed by atoms with E-state index in [0.717, 1.165) is 16.7 Å². The molecule has 0 amide bonds. The number of benzene rings is 4. The number of carbonyl (C=O) groups is 1. The standard InChI is InChI=1S/C30H24O/c31-30(25-19-11-4-12-20-25)29-27(23-15-7-2-8-16-23)21-26(22-13-5-1-6-14-22)28(29)24-17-9-3-10-18-24/h1-21,26,28-29H/t26-,28+,29-/m1/s1. The number of allylic oxidation sites excluding steroid dienone is 2. The molecule has 0 aromatic heterocycles. The van der Waals surface area contributed by atoms with Gasteiger partial charge in [-0.05, 0) is 22.3 Å². The van der Waals surface area contributed by atoms with E-state index in [0.29, 0.717) is 0 Å². The van der Waals surface area contributed by atoms with Crippen molar-refractivity contribution in [3.63, 3.8) is 0 Å². The number of hydrogen-bond donors (Lipinski definition) is 0. The highest BCUT2D eigenvalue weighted by atomic mass is 16.1. The average Bonchev–Trinajstić information content (AvgIpc) is 3.26. The Hall–Kier alpha value is -3.71. The lowest BCUT2D eigenvalue weighted by atomic mass is 9.74. The molecule has 150 valence electrons. The molecule has 0 saturated carbocycles. The number of rotatable bonds is 5. The molecule has 0 heterocycles. The molecule has 4 aromatic rings. The third-order valence-electron chi connectivity index (χ3n) is 6.26. The molecule has 3 atom stereocenters. The summed E-state index contributed by atoms with van der Waals surface area (Å²) in [4.78, 5) is 14.0. The number of Topliss-reactive ketones (excluding diaryl/α,β-unsaturated/α-hetero) is 1. The molecule has 0 fully saturated rings. The van der Waals surface area contributed by atoms with Crippen LogP contribution in [0.2, 0.25) is 0 Å². The Bertz CT molecular complexity index is 1180. The zero-order valence-corrected chi connectivity index (χ0v) is 17.3. The topological polar surface area (TPSA) is 17.1 Å². The van der Waals surface area contributed by atoms with E-state index in [4.69, 9.17) is 0 Å². The number of carbonyl (C=O) groups excluding carboxylic acids is 1. The second kappa shape index (κ2) is 8.57. The smallest absolute Gasteiger partial charge is 0.170 e. The van der Waals surface area contributed by atoms with Crippen LogP contribution in [0.15, 0.2) is 127 Å². The van der Waals surface area contributed by atoms with Crippen LogP contribution in [0, 0.1) is 5.92 Å². The van der Waals surface area contributed by atoms with Gasteiger partial charge in [0.1, 0.15) is 0 Å². The Morgan fingerprint density at radius 2 is 1.03 bits per heavy atom. The van der Waals surface area contributed by atoms with Gasteiger partial charge < -0.3 is 0 Å². The summed E-state index contributed by atoms with van der Waals surface area (Å²) in [6.07, 6.45) is 2.33. The lowest BCUT2D eigenvalue weighted by molar-refractivity contribution is 0.0937. The molecule has 31 heavy (non-hydrogen) atoms. The first-order valence-corrected chi connectivity index (χ1v) is 10.8. The first kappa shape index (κ1) is 19.3. The molecular weight excluding hydrogens is 376 g/mol. The fourth-order valence-electron chi connectivity index (χ4n) is 4.85. The fourth-order valence-corrected chi connectivity index (χ4v) is 4.85.